The van der Waals surface area contributed by atoms with Gasteiger partial charge in [0.25, 0.3) is 0 Å². The zero-order valence-electron chi connectivity index (χ0n) is 10.9. The number of imidazole rings is 1. The highest BCUT2D eigenvalue weighted by molar-refractivity contribution is 5.78. The maximum Gasteiger partial charge on any atom is 0.188 e. The number of aryl methyl sites for hydroxylation is 1. The van der Waals surface area contributed by atoms with Crippen molar-refractivity contribution in [1.29, 1.82) is 0 Å². The van der Waals surface area contributed by atoms with Crippen molar-refractivity contribution >= 4 is 17.0 Å². The van der Waals surface area contributed by atoms with Crippen molar-refractivity contribution in [3.05, 3.63) is 30.6 Å². The van der Waals surface area contributed by atoms with Gasteiger partial charge in [0.15, 0.2) is 5.96 Å². The van der Waals surface area contributed by atoms with Gasteiger partial charge < -0.3 is 15.6 Å². The molecule has 3 rings (SSSR count). The molecular formula is C14H19N5. The second-order valence-electron chi connectivity index (χ2n) is 4.97. The van der Waals surface area contributed by atoms with Gasteiger partial charge in [0.2, 0.25) is 0 Å². The molecule has 1 saturated carbocycles. The predicted octanol–water partition coefficient (Wildman–Crippen LogP) is 1.49. The molecule has 0 radical (unpaired) electrons. The van der Waals surface area contributed by atoms with Crippen molar-refractivity contribution in [2.45, 2.75) is 31.8 Å². The van der Waals surface area contributed by atoms with E-state index in [4.69, 9.17) is 5.73 Å². The number of fused-ring (bicyclic) bond motifs is 1. The summed E-state index contributed by atoms with van der Waals surface area (Å²) in [4.78, 5) is 8.70. The van der Waals surface area contributed by atoms with E-state index in [2.05, 4.69) is 25.9 Å². The molecule has 0 aliphatic heterocycles. The monoisotopic (exact) mass is 257 g/mol. The lowest BCUT2D eigenvalue weighted by Gasteiger charge is -2.04. The molecule has 0 spiro atoms. The number of nitrogens with zero attached hydrogens (tertiary/aromatic N) is 3. The zero-order chi connectivity index (χ0) is 13.1. The Kier molecular flexibility index (Phi) is 3.35. The molecule has 19 heavy (non-hydrogen) atoms. The molecule has 5 heteroatoms. The molecular weight excluding hydrogens is 238 g/mol. The minimum Gasteiger partial charge on any atom is -0.370 e. The summed E-state index contributed by atoms with van der Waals surface area (Å²) in [6, 6.07) is 8.74. The summed E-state index contributed by atoms with van der Waals surface area (Å²) >= 11 is 0. The van der Waals surface area contributed by atoms with Crippen LogP contribution in [0.2, 0.25) is 0 Å². The minimum absolute atomic E-state index is 0.571. The van der Waals surface area contributed by atoms with E-state index in [-0.39, 0.29) is 0 Å². The van der Waals surface area contributed by atoms with Crippen LogP contribution in [-0.4, -0.2) is 28.1 Å². The summed E-state index contributed by atoms with van der Waals surface area (Å²) in [6.45, 7) is 1.67. The Labute approximate surface area is 112 Å². The Hall–Kier alpha value is -2.04. The van der Waals surface area contributed by atoms with Gasteiger partial charge >= 0.3 is 0 Å². The first-order valence-corrected chi connectivity index (χ1v) is 6.79. The van der Waals surface area contributed by atoms with Gasteiger partial charge in [0.05, 0.1) is 17.4 Å². The van der Waals surface area contributed by atoms with E-state index in [9.17, 15) is 0 Å². The molecule has 1 aromatic heterocycles. The third-order valence-corrected chi connectivity index (χ3v) is 3.30. The number of guanidine groups is 1. The molecule has 1 aliphatic rings. The largest absolute Gasteiger partial charge is 0.370 e. The van der Waals surface area contributed by atoms with Gasteiger partial charge in [-0.15, -0.1) is 0 Å². The van der Waals surface area contributed by atoms with Crippen molar-refractivity contribution < 1.29 is 0 Å². The highest BCUT2D eigenvalue weighted by Gasteiger charge is 2.21. The molecule has 0 saturated heterocycles. The van der Waals surface area contributed by atoms with Gasteiger partial charge in [-0.05, 0) is 31.4 Å². The van der Waals surface area contributed by atoms with Crippen LogP contribution in [0.5, 0.6) is 0 Å². The first-order chi connectivity index (χ1) is 9.33. The molecule has 0 atom stereocenters. The molecule has 0 amide bonds. The molecule has 2 aromatic rings. The predicted molar refractivity (Wildman–Crippen MR) is 77.0 cm³/mol. The van der Waals surface area contributed by atoms with E-state index < -0.39 is 0 Å². The van der Waals surface area contributed by atoms with E-state index in [1.807, 2.05) is 24.5 Å². The van der Waals surface area contributed by atoms with Crippen molar-refractivity contribution in [2.75, 3.05) is 6.54 Å². The smallest absolute Gasteiger partial charge is 0.188 e. The van der Waals surface area contributed by atoms with E-state index in [0.29, 0.717) is 12.0 Å². The second-order valence-corrected chi connectivity index (χ2v) is 4.97. The van der Waals surface area contributed by atoms with Crippen LogP contribution < -0.4 is 11.1 Å². The van der Waals surface area contributed by atoms with Gasteiger partial charge in [-0.1, -0.05) is 12.1 Å². The van der Waals surface area contributed by atoms with Crippen LogP contribution in [0.25, 0.3) is 11.0 Å². The Bertz CT molecular complexity index is 582. The van der Waals surface area contributed by atoms with E-state index in [1.54, 1.807) is 0 Å². The summed E-state index contributed by atoms with van der Waals surface area (Å²) in [6.07, 6.45) is 5.29. The summed E-state index contributed by atoms with van der Waals surface area (Å²) in [7, 11) is 0. The van der Waals surface area contributed by atoms with Gasteiger partial charge in [-0.25, -0.2) is 4.98 Å². The van der Waals surface area contributed by atoms with Crippen molar-refractivity contribution in [3.63, 3.8) is 0 Å². The van der Waals surface area contributed by atoms with Gasteiger partial charge in [0.1, 0.15) is 0 Å². The van der Waals surface area contributed by atoms with Crippen LogP contribution >= 0.6 is 0 Å². The number of hydrogen-bond acceptors (Lipinski definition) is 2. The average Bonchev–Trinajstić information content (AvgIpc) is 3.14. The van der Waals surface area contributed by atoms with Crippen LogP contribution in [0.3, 0.4) is 0 Å². The maximum absolute atomic E-state index is 5.78. The SMILES string of the molecule is NC(=NCCCn1cnc2ccccc21)NC1CC1. The van der Waals surface area contributed by atoms with Crippen molar-refractivity contribution in [3.8, 4) is 0 Å². The lowest BCUT2D eigenvalue weighted by Crippen LogP contribution is -2.33. The quantitative estimate of drug-likeness (QED) is 0.484. The van der Waals surface area contributed by atoms with E-state index in [0.717, 1.165) is 25.0 Å². The number of nitrogens with two attached hydrogens (primary N) is 1. The highest BCUT2D eigenvalue weighted by Crippen LogP contribution is 2.18. The van der Waals surface area contributed by atoms with Crippen molar-refractivity contribution in [1.82, 2.24) is 14.9 Å². The number of para-hydroxylation sites is 2. The molecule has 1 aromatic carbocycles. The summed E-state index contributed by atoms with van der Waals surface area (Å²) in [5, 5.41) is 3.19. The van der Waals surface area contributed by atoms with Crippen LogP contribution in [0.1, 0.15) is 19.3 Å². The van der Waals surface area contributed by atoms with E-state index in [1.165, 1.54) is 18.4 Å². The van der Waals surface area contributed by atoms with Crippen LogP contribution in [0, 0.1) is 0 Å². The molecule has 1 aliphatic carbocycles. The zero-order valence-corrected chi connectivity index (χ0v) is 10.9. The fraction of sp³-hybridized carbons (Fsp3) is 0.429. The fourth-order valence-electron chi connectivity index (χ4n) is 2.11. The average molecular weight is 257 g/mol. The standard InChI is InChI=1S/C14H19N5/c15-14(18-11-6-7-11)16-8-3-9-19-10-17-12-4-1-2-5-13(12)19/h1-2,4-5,10-11H,3,6-9H2,(H3,15,16,18). The normalized spacial score (nSPS) is 15.9. The molecule has 0 unspecified atom stereocenters. The lowest BCUT2D eigenvalue weighted by atomic mass is 10.3. The van der Waals surface area contributed by atoms with Crippen LogP contribution in [0.4, 0.5) is 0 Å². The number of aliphatic imine (C=N–C) groups is 1. The Morgan fingerprint density at radius 3 is 3.11 bits per heavy atom. The first-order valence-electron chi connectivity index (χ1n) is 6.79. The van der Waals surface area contributed by atoms with E-state index >= 15 is 0 Å². The van der Waals surface area contributed by atoms with Gasteiger partial charge in [0, 0.05) is 19.1 Å². The molecule has 100 valence electrons. The number of hydrogen-bond donors (Lipinski definition) is 2. The molecule has 1 fully saturated rings. The van der Waals surface area contributed by atoms with Crippen LogP contribution in [0.15, 0.2) is 35.6 Å². The third-order valence-electron chi connectivity index (χ3n) is 3.30. The molecule has 3 N–H and O–H groups in total. The summed E-state index contributed by atoms with van der Waals surface area (Å²) in [5.74, 6) is 0.581. The third kappa shape index (κ3) is 3.05. The van der Waals surface area contributed by atoms with Gasteiger partial charge in [-0.2, -0.15) is 0 Å². The Balaban J connectivity index is 1.51. The fourth-order valence-corrected chi connectivity index (χ4v) is 2.11. The molecule has 5 nitrogen and oxygen atoms in total. The topological polar surface area (TPSA) is 68.2 Å². The number of nitrogens with one attached hydrogen (secondary N) is 1. The maximum atomic E-state index is 5.78. The Morgan fingerprint density at radius 2 is 2.26 bits per heavy atom. The summed E-state index contributed by atoms with van der Waals surface area (Å²) in [5.41, 5.74) is 8.00. The highest BCUT2D eigenvalue weighted by atomic mass is 15.1. The minimum atomic E-state index is 0.571. The first kappa shape index (κ1) is 12.0. The number of benzene rings is 1. The van der Waals surface area contributed by atoms with Gasteiger partial charge in [-0.3, -0.25) is 4.99 Å². The second kappa shape index (κ2) is 5.30. The Morgan fingerprint density at radius 1 is 1.42 bits per heavy atom. The number of rotatable bonds is 5. The molecule has 0 bridgehead atoms. The van der Waals surface area contributed by atoms with Crippen molar-refractivity contribution in [2.24, 2.45) is 10.7 Å². The van der Waals surface area contributed by atoms with Crippen LogP contribution in [-0.2, 0) is 6.54 Å². The lowest BCUT2D eigenvalue weighted by molar-refractivity contribution is 0.664. The summed E-state index contributed by atoms with van der Waals surface area (Å²) < 4.78 is 2.16. The molecule has 1 heterocycles. The number of aromatic nitrogens is 2.